The summed E-state index contributed by atoms with van der Waals surface area (Å²) in [4.78, 5) is 11.9. The fourth-order valence-corrected chi connectivity index (χ4v) is 2.06. The highest BCUT2D eigenvalue weighted by Gasteiger charge is 2.09. The van der Waals surface area contributed by atoms with Crippen molar-refractivity contribution < 1.29 is 4.79 Å². The molecule has 0 aliphatic rings. The van der Waals surface area contributed by atoms with Crippen LogP contribution in [0.3, 0.4) is 0 Å². The van der Waals surface area contributed by atoms with Crippen LogP contribution in [0.4, 0.5) is 0 Å². The van der Waals surface area contributed by atoms with Crippen molar-refractivity contribution in [3.05, 3.63) is 52.8 Å². The molecule has 2 rings (SSSR count). The Balaban J connectivity index is 2.13. The van der Waals surface area contributed by atoms with E-state index in [0.717, 1.165) is 18.5 Å². The molecule has 1 heterocycles. The van der Waals surface area contributed by atoms with Gasteiger partial charge in [0.15, 0.2) is 0 Å². The first-order valence-corrected chi connectivity index (χ1v) is 7.72. The van der Waals surface area contributed by atoms with Gasteiger partial charge in [-0.15, -0.1) is 0 Å². The van der Waals surface area contributed by atoms with Gasteiger partial charge in [-0.25, -0.2) is 4.68 Å². The van der Waals surface area contributed by atoms with Crippen LogP contribution in [-0.4, -0.2) is 22.2 Å². The third-order valence-corrected chi connectivity index (χ3v) is 3.44. The van der Waals surface area contributed by atoms with Crippen LogP contribution < -0.4 is 5.32 Å². The Hall–Kier alpha value is -2.58. The molecule has 6 heteroatoms. The summed E-state index contributed by atoms with van der Waals surface area (Å²) in [5.41, 5.74) is 1.60. The molecule has 118 valence electrons. The number of rotatable bonds is 6. The first-order chi connectivity index (χ1) is 11.1. The molecule has 1 aromatic carbocycles. The van der Waals surface area contributed by atoms with E-state index < -0.39 is 0 Å². The largest absolute Gasteiger partial charge is 0.351 e. The lowest BCUT2D eigenvalue weighted by Crippen LogP contribution is -2.25. The van der Waals surface area contributed by atoms with Gasteiger partial charge in [-0.3, -0.25) is 4.79 Å². The van der Waals surface area contributed by atoms with Crippen LogP contribution in [-0.2, 0) is 4.79 Å². The Labute approximate surface area is 140 Å². The molecule has 1 N–H and O–H groups in total. The van der Waals surface area contributed by atoms with E-state index in [1.54, 1.807) is 29.2 Å². The molecule has 0 saturated heterocycles. The van der Waals surface area contributed by atoms with Crippen molar-refractivity contribution in [3.63, 3.8) is 0 Å². The Bertz CT molecular complexity index is 741. The summed E-state index contributed by atoms with van der Waals surface area (Å²) in [7, 11) is 0. The highest BCUT2D eigenvalue weighted by atomic mass is 35.5. The van der Waals surface area contributed by atoms with Crippen LogP contribution >= 0.6 is 11.6 Å². The van der Waals surface area contributed by atoms with Gasteiger partial charge in [0.25, 0.3) is 5.91 Å². The number of amides is 1. The summed E-state index contributed by atoms with van der Waals surface area (Å²) < 4.78 is 1.66. The predicted octanol–water partition coefficient (Wildman–Crippen LogP) is 3.35. The van der Waals surface area contributed by atoms with Crippen molar-refractivity contribution in [2.24, 2.45) is 0 Å². The van der Waals surface area contributed by atoms with E-state index in [2.05, 4.69) is 10.4 Å². The maximum absolute atomic E-state index is 11.9. The van der Waals surface area contributed by atoms with Gasteiger partial charge in [0, 0.05) is 23.3 Å². The van der Waals surface area contributed by atoms with Crippen LogP contribution in [0.2, 0.25) is 5.02 Å². The number of benzene rings is 1. The van der Waals surface area contributed by atoms with Crippen LogP contribution in [0.5, 0.6) is 0 Å². The van der Waals surface area contributed by atoms with Crippen LogP contribution in [0.15, 0.2) is 42.2 Å². The monoisotopic (exact) mass is 328 g/mol. The Morgan fingerprint density at radius 1 is 1.43 bits per heavy atom. The SMILES string of the molecule is CCCCNC(=O)C(C#N)=Cc1cnn(-c2ccc(Cl)cc2)c1. The predicted molar refractivity (Wildman–Crippen MR) is 90.1 cm³/mol. The average Bonchev–Trinajstić information content (AvgIpc) is 3.02. The van der Waals surface area contributed by atoms with Gasteiger partial charge in [0.05, 0.1) is 11.9 Å². The molecule has 0 spiro atoms. The van der Waals surface area contributed by atoms with Crippen molar-refractivity contribution in [2.45, 2.75) is 19.8 Å². The molecule has 23 heavy (non-hydrogen) atoms. The Kier molecular flexibility index (Phi) is 5.95. The Morgan fingerprint density at radius 2 is 2.17 bits per heavy atom. The van der Waals surface area contributed by atoms with E-state index in [1.165, 1.54) is 6.08 Å². The number of hydrogen-bond acceptors (Lipinski definition) is 3. The van der Waals surface area contributed by atoms with Gasteiger partial charge in [-0.2, -0.15) is 10.4 Å². The van der Waals surface area contributed by atoms with Gasteiger partial charge in [0.2, 0.25) is 0 Å². The van der Waals surface area contributed by atoms with Crippen LogP contribution in [0.1, 0.15) is 25.3 Å². The van der Waals surface area contributed by atoms with Gasteiger partial charge in [-0.05, 0) is 36.8 Å². The lowest BCUT2D eigenvalue weighted by molar-refractivity contribution is -0.117. The molecule has 0 atom stereocenters. The molecule has 0 unspecified atom stereocenters. The minimum Gasteiger partial charge on any atom is -0.351 e. The minimum atomic E-state index is -0.361. The fraction of sp³-hybridized carbons (Fsp3) is 0.235. The summed E-state index contributed by atoms with van der Waals surface area (Å²) in [6.07, 6.45) is 6.75. The van der Waals surface area contributed by atoms with Gasteiger partial charge in [-0.1, -0.05) is 24.9 Å². The molecule has 0 bridgehead atoms. The number of aromatic nitrogens is 2. The molecule has 0 fully saturated rings. The zero-order chi connectivity index (χ0) is 16.7. The summed E-state index contributed by atoms with van der Waals surface area (Å²) >= 11 is 5.86. The van der Waals surface area contributed by atoms with E-state index in [1.807, 2.05) is 25.1 Å². The highest BCUT2D eigenvalue weighted by Crippen LogP contribution is 2.14. The molecular formula is C17H17ClN4O. The smallest absolute Gasteiger partial charge is 0.261 e. The molecule has 1 amide bonds. The van der Waals surface area contributed by atoms with Crippen LogP contribution in [0.25, 0.3) is 11.8 Å². The lowest BCUT2D eigenvalue weighted by atomic mass is 10.2. The third kappa shape index (κ3) is 4.70. The van der Waals surface area contributed by atoms with E-state index in [4.69, 9.17) is 16.9 Å². The van der Waals surface area contributed by atoms with E-state index in [0.29, 0.717) is 17.1 Å². The number of nitrogens with one attached hydrogen (secondary N) is 1. The van der Waals surface area contributed by atoms with E-state index in [-0.39, 0.29) is 11.5 Å². The molecule has 2 aromatic rings. The number of carbonyl (C=O) groups is 1. The molecule has 1 aromatic heterocycles. The first kappa shape index (κ1) is 16.8. The second-order valence-corrected chi connectivity index (χ2v) is 5.41. The summed E-state index contributed by atoms with van der Waals surface area (Å²) in [5.74, 6) is -0.361. The Morgan fingerprint density at radius 3 is 2.83 bits per heavy atom. The third-order valence-electron chi connectivity index (χ3n) is 3.19. The average molecular weight is 329 g/mol. The van der Waals surface area contributed by atoms with Gasteiger partial charge < -0.3 is 5.32 Å². The summed E-state index contributed by atoms with van der Waals surface area (Å²) in [5, 5.41) is 16.8. The second kappa shape index (κ2) is 8.16. The fourth-order valence-electron chi connectivity index (χ4n) is 1.94. The number of hydrogen-bond donors (Lipinski definition) is 1. The van der Waals surface area contributed by atoms with Crippen molar-refractivity contribution >= 4 is 23.6 Å². The zero-order valence-corrected chi connectivity index (χ0v) is 13.5. The number of unbranched alkanes of at least 4 members (excludes halogenated alkanes) is 1. The summed E-state index contributed by atoms with van der Waals surface area (Å²) in [6.45, 7) is 2.61. The van der Waals surface area contributed by atoms with Gasteiger partial charge in [0.1, 0.15) is 11.6 Å². The molecule has 0 aliphatic heterocycles. The quantitative estimate of drug-likeness (QED) is 0.502. The molecule has 5 nitrogen and oxygen atoms in total. The maximum atomic E-state index is 11.9. The molecular weight excluding hydrogens is 312 g/mol. The van der Waals surface area contributed by atoms with Crippen LogP contribution in [0, 0.1) is 11.3 Å². The van der Waals surface area contributed by atoms with Crippen molar-refractivity contribution in [2.75, 3.05) is 6.54 Å². The second-order valence-electron chi connectivity index (χ2n) is 4.97. The number of carbonyl (C=O) groups excluding carboxylic acids is 1. The molecule has 0 aliphatic carbocycles. The van der Waals surface area contributed by atoms with E-state index in [9.17, 15) is 4.79 Å². The standard InChI is InChI=1S/C17H17ClN4O/c1-2-3-8-20-17(23)14(10-19)9-13-11-21-22(12-13)16-6-4-15(18)5-7-16/h4-7,9,11-12H,2-3,8H2,1H3,(H,20,23). The van der Waals surface area contributed by atoms with Crippen molar-refractivity contribution in [3.8, 4) is 11.8 Å². The van der Waals surface area contributed by atoms with E-state index >= 15 is 0 Å². The molecule has 0 radical (unpaired) electrons. The van der Waals surface area contributed by atoms with Gasteiger partial charge >= 0.3 is 0 Å². The van der Waals surface area contributed by atoms with Crippen molar-refractivity contribution in [1.82, 2.24) is 15.1 Å². The maximum Gasteiger partial charge on any atom is 0.261 e. The number of nitrogens with zero attached hydrogens (tertiary/aromatic N) is 3. The highest BCUT2D eigenvalue weighted by molar-refractivity contribution is 6.30. The first-order valence-electron chi connectivity index (χ1n) is 7.34. The lowest BCUT2D eigenvalue weighted by Gasteiger charge is -2.02. The number of nitriles is 1. The molecule has 0 saturated carbocycles. The normalized spacial score (nSPS) is 11.1. The minimum absolute atomic E-state index is 0.0664. The van der Waals surface area contributed by atoms with Crippen molar-refractivity contribution in [1.29, 1.82) is 5.26 Å². The topological polar surface area (TPSA) is 70.7 Å². The zero-order valence-electron chi connectivity index (χ0n) is 12.8. The summed E-state index contributed by atoms with van der Waals surface area (Å²) in [6, 6.07) is 9.15. The number of halogens is 1.